The second kappa shape index (κ2) is 15.6. The number of carbonyl (C=O) groups excluding carboxylic acids is 2. The Labute approximate surface area is 198 Å². The highest BCUT2D eigenvalue weighted by Crippen LogP contribution is 2.21. The summed E-state index contributed by atoms with van der Waals surface area (Å²) >= 11 is 0. The molecule has 0 aliphatic carbocycles. The van der Waals surface area contributed by atoms with E-state index in [1.54, 1.807) is 50.2 Å². The lowest BCUT2D eigenvalue weighted by molar-refractivity contribution is -0.427. The molecule has 0 spiro atoms. The zero-order valence-corrected chi connectivity index (χ0v) is 19.5. The SMILES string of the molecule is CCOCCOCC(OOC(=O)c1ccccc1OCC)OOC(=O)c1ccccc1OCC. The molecule has 0 atom stereocenters. The van der Waals surface area contributed by atoms with Crippen LogP contribution in [0.5, 0.6) is 11.5 Å². The Hall–Kier alpha value is -3.18. The van der Waals surface area contributed by atoms with Crippen molar-refractivity contribution in [1.82, 2.24) is 0 Å². The molecule has 0 saturated heterocycles. The lowest BCUT2D eigenvalue weighted by atomic mass is 10.2. The number of para-hydroxylation sites is 2. The van der Waals surface area contributed by atoms with Crippen LogP contribution in [0.1, 0.15) is 41.5 Å². The fourth-order valence-corrected chi connectivity index (χ4v) is 2.63. The zero-order chi connectivity index (χ0) is 24.6. The molecule has 2 aromatic carbocycles. The molecule has 186 valence electrons. The van der Waals surface area contributed by atoms with Crippen LogP contribution in [0.25, 0.3) is 0 Å². The van der Waals surface area contributed by atoms with E-state index in [0.717, 1.165) is 0 Å². The number of ether oxygens (including phenoxy) is 4. The molecule has 0 radical (unpaired) electrons. The minimum atomic E-state index is -1.37. The molecule has 0 aromatic heterocycles. The molecule has 0 unspecified atom stereocenters. The van der Waals surface area contributed by atoms with Gasteiger partial charge in [-0.2, -0.15) is 0 Å². The van der Waals surface area contributed by atoms with Crippen LogP contribution < -0.4 is 9.47 Å². The zero-order valence-electron chi connectivity index (χ0n) is 19.5. The van der Waals surface area contributed by atoms with Gasteiger partial charge in [-0.1, -0.05) is 24.3 Å². The van der Waals surface area contributed by atoms with Gasteiger partial charge in [0.25, 0.3) is 6.29 Å². The molecule has 0 N–H and O–H groups in total. The van der Waals surface area contributed by atoms with Crippen molar-refractivity contribution in [3.05, 3.63) is 59.7 Å². The van der Waals surface area contributed by atoms with Crippen LogP contribution in [0.4, 0.5) is 0 Å². The molecule has 2 rings (SSSR count). The van der Waals surface area contributed by atoms with E-state index in [2.05, 4.69) is 0 Å². The van der Waals surface area contributed by atoms with E-state index in [1.165, 1.54) is 12.1 Å². The van der Waals surface area contributed by atoms with Crippen molar-refractivity contribution in [2.75, 3.05) is 39.6 Å². The molecule has 2 aromatic rings. The predicted molar refractivity (Wildman–Crippen MR) is 119 cm³/mol. The van der Waals surface area contributed by atoms with E-state index in [-0.39, 0.29) is 24.3 Å². The standard InChI is InChI=1S/C24H30O10/c1-4-27-15-16-28-17-22(31-33-23(25)18-11-7-9-13-20(18)29-5-2)32-34-24(26)19-12-8-10-14-21(19)30-6-3/h7-14,22H,4-6,15-17H2,1-3H3. The van der Waals surface area contributed by atoms with Crippen molar-refractivity contribution < 1.29 is 48.1 Å². The number of hydrogen-bond acceptors (Lipinski definition) is 10. The summed E-state index contributed by atoms with van der Waals surface area (Å²) in [6.07, 6.45) is -1.37. The van der Waals surface area contributed by atoms with Gasteiger partial charge in [0, 0.05) is 6.61 Å². The molecule has 0 bridgehead atoms. The smallest absolute Gasteiger partial charge is 0.376 e. The third-order valence-corrected chi connectivity index (χ3v) is 4.11. The Morgan fingerprint density at radius 3 is 1.62 bits per heavy atom. The minimum Gasteiger partial charge on any atom is -0.493 e. The molecule has 0 aliphatic rings. The molecule has 10 nitrogen and oxygen atoms in total. The molecular formula is C24H30O10. The third-order valence-electron chi connectivity index (χ3n) is 4.11. The van der Waals surface area contributed by atoms with Gasteiger partial charge in [-0.3, -0.25) is 9.78 Å². The van der Waals surface area contributed by atoms with Crippen molar-refractivity contribution >= 4 is 11.9 Å². The average molecular weight is 478 g/mol. The van der Waals surface area contributed by atoms with E-state index in [0.29, 0.717) is 37.9 Å². The van der Waals surface area contributed by atoms with E-state index >= 15 is 0 Å². The molecule has 0 heterocycles. The highest BCUT2D eigenvalue weighted by molar-refractivity contribution is 5.92. The van der Waals surface area contributed by atoms with Gasteiger partial charge in [-0.15, -0.1) is 9.78 Å². The second-order valence-electron chi connectivity index (χ2n) is 6.49. The first-order valence-electron chi connectivity index (χ1n) is 10.9. The predicted octanol–water partition coefficient (Wildman–Crippen LogP) is 3.74. The summed E-state index contributed by atoms with van der Waals surface area (Å²) < 4.78 is 21.4. The normalized spacial score (nSPS) is 10.7. The van der Waals surface area contributed by atoms with Crippen molar-refractivity contribution in [2.45, 2.75) is 27.1 Å². The Morgan fingerprint density at radius 2 is 1.15 bits per heavy atom. The summed E-state index contributed by atoms with van der Waals surface area (Å²) in [5.74, 6) is -0.967. The van der Waals surface area contributed by atoms with Crippen LogP contribution in [-0.2, 0) is 29.0 Å². The molecule has 0 aliphatic heterocycles. The first-order chi connectivity index (χ1) is 16.6. The first-order valence-corrected chi connectivity index (χ1v) is 10.9. The Balaban J connectivity index is 1.99. The van der Waals surface area contributed by atoms with E-state index < -0.39 is 18.2 Å². The summed E-state index contributed by atoms with van der Waals surface area (Å²) in [5.41, 5.74) is 0.311. The van der Waals surface area contributed by atoms with Crippen molar-refractivity contribution in [1.29, 1.82) is 0 Å². The van der Waals surface area contributed by atoms with Gasteiger partial charge in [0.2, 0.25) is 0 Å². The Morgan fingerprint density at radius 1 is 0.676 bits per heavy atom. The fraction of sp³-hybridized carbons (Fsp3) is 0.417. The average Bonchev–Trinajstić information content (AvgIpc) is 2.85. The van der Waals surface area contributed by atoms with E-state index in [9.17, 15) is 9.59 Å². The highest BCUT2D eigenvalue weighted by atomic mass is 17.3. The molecule has 0 amide bonds. The van der Waals surface area contributed by atoms with Crippen LogP contribution in [0.3, 0.4) is 0 Å². The topological polar surface area (TPSA) is 108 Å². The lowest BCUT2D eigenvalue weighted by Gasteiger charge is -2.16. The molecule has 34 heavy (non-hydrogen) atoms. The maximum Gasteiger partial charge on any atom is 0.376 e. The van der Waals surface area contributed by atoms with Gasteiger partial charge in [0.05, 0.1) is 26.4 Å². The molecule has 0 saturated carbocycles. The lowest BCUT2D eigenvalue weighted by Crippen LogP contribution is -2.27. The fourth-order valence-electron chi connectivity index (χ4n) is 2.63. The summed E-state index contributed by atoms with van der Waals surface area (Å²) in [6, 6.07) is 13.1. The van der Waals surface area contributed by atoms with Crippen LogP contribution >= 0.6 is 0 Å². The van der Waals surface area contributed by atoms with Gasteiger partial charge in [0.1, 0.15) is 29.2 Å². The Kier molecular flexibility index (Phi) is 12.4. The summed E-state index contributed by atoms with van der Waals surface area (Å²) in [6.45, 7) is 7.05. The van der Waals surface area contributed by atoms with Crippen LogP contribution in [0, 0.1) is 0 Å². The van der Waals surface area contributed by atoms with Crippen molar-refractivity contribution in [3.8, 4) is 11.5 Å². The molecule has 10 heteroatoms. The highest BCUT2D eigenvalue weighted by Gasteiger charge is 2.23. The van der Waals surface area contributed by atoms with Gasteiger partial charge in [0.15, 0.2) is 0 Å². The Bertz CT molecular complexity index is 820. The van der Waals surface area contributed by atoms with E-state index in [4.69, 9.17) is 38.5 Å². The maximum absolute atomic E-state index is 12.5. The molecular weight excluding hydrogens is 448 g/mol. The number of rotatable bonds is 16. The van der Waals surface area contributed by atoms with Crippen LogP contribution in [0.15, 0.2) is 48.5 Å². The summed E-state index contributed by atoms with van der Waals surface area (Å²) in [5, 5.41) is 0. The maximum atomic E-state index is 12.5. The summed E-state index contributed by atoms with van der Waals surface area (Å²) in [7, 11) is 0. The first kappa shape index (κ1) is 27.1. The largest absolute Gasteiger partial charge is 0.493 e. The van der Waals surface area contributed by atoms with Crippen LogP contribution in [-0.4, -0.2) is 57.9 Å². The van der Waals surface area contributed by atoms with Gasteiger partial charge < -0.3 is 18.9 Å². The van der Waals surface area contributed by atoms with Crippen LogP contribution in [0.2, 0.25) is 0 Å². The van der Waals surface area contributed by atoms with Gasteiger partial charge >= 0.3 is 11.9 Å². The van der Waals surface area contributed by atoms with Crippen molar-refractivity contribution in [2.24, 2.45) is 0 Å². The number of carbonyl (C=O) groups is 2. The monoisotopic (exact) mass is 478 g/mol. The number of benzene rings is 2. The van der Waals surface area contributed by atoms with Gasteiger partial charge in [-0.25, -0.2) is 9.59 Å². The molecule has 0 fully saturated rings. The minimum absolute atomic E-state index is 0.156. The third kappa shape index (κ3) is 8.99. The van der Waals surface area contributed by atoms with Crippen molar-refractivity contribution in [3.63, 3.8) is 0 Å². The second-order valence-corrected chi connectivity index (χ2v) is 6.49. The number of hydrogen-bond donors (Lipinski definition) is 0. The van der Waals surface area contributed by atoms with Gasteiger partial charge in [-0.05, 0) is 45.0 Å². The van der Waals surface area contributed by atoms with E-state index in [1.807, 2.05) is 6.92 Å². The quantitative estimate of drug-likeness (QED) is 0.153. The summed E-state index contributed by atoms with van der Waals surface area (Å²) in [4.78, 5) is 44.8.